The molecule has 0 amide bonds. The third-order valence-electron chi connectivity index (χ3n) is 4.20. The van der Waals surface area contributed by atoms with Crippen molar-refractivity contribution in [2.75, 3.05) is 19.6 Å². The fourth-order valence-corrected chi connectivity index (χ4v) is 3.06. The van der Waals surface area contributed by atoms with E-state index in [-0.39, 0.29) is 18.0 Å². The third-order valence-corrected chi connectivity index (χ3v) is 4.20. The van der Waals surface area contributed by atoms with Crippen molar-refractivity contribution >= 4 is 5.97 Å². The largest absolute Gasteiger partial charge is 0.481 e. The molecule has 1 fully saturated rings. The van der Waals surface area contributed by atoms with E-state index in [1.54, 1.807) is 0 Å². The van der Waals surface area contributed by atoms with E-state index in [4.69, 9.17) is 4.42 Å². The maximum absolute atomic E-state index is 14.0. The number of likely N-dealkylation sites (tertiary alicyclic amines) is 1. The molecule has 1 aliphatic heterocycles. The number of hydrogen-bond donors (Lipinski definition) is 2. The summed E-state index contributed by atoms with van der Waals surface area (Å²) in [6.45, 7) is 0.955. The van der Waals surface area contributed by atoms with E-state index in [2.05, 4.69) is 10.2 Å². The van der Waals surface area contributed by atoms with E-state index in [1.807, 2.05) is 4.90 Å². The number of carbonyl (C=O) groups is 1. The van der Waals surface area contributed by atoms with Crippen LogP contribution in [0.2, 0.25) is 0 Å². The van der Waals surface area contributed by atoms with Crippen molar-refractivity contribution < 1.29 is 23.1 Å². The lowest BCUT2D eigenvalue weighted by Crippen LogP contribution is -2.25. The van der Waals surface area contributed by atoms with E-state index in [0.717, 1.165) is 12.1 Å². The normalized spacial score (nSPS) is 21.2. The highest BCUT2D eigenvalue weighted by Crippen LogP contribution is 2.34. The van der Waals surface area contributed by atoms with E-state index in [1.165, 1.54) is 6.07 Å². The average Bonchev–Trinajstić information content (AvgIpc) is 3.11. The molecule has 1 aromatic heterocycles. The van der Waals surface area contributed by atoms with Crippen LogP contribution in [0.15, 0.2) is 27.4 Å². The van der Waals surface area contributed by atoms with Gasteiger partial charge in [-0.1, -0.05) is 6.07 Å². The minimum absolute atomic E-state index is 0.192. The first-order chi connectivity index (χ1) is 11.4. The number of hydrogen-bond acceptors (Lipinski definition) is 5. The maximum atomic E-state index is 14.0. The lowest BCUT2D eigenvalue weighted by Gasteiger charge is -2.16. The summed E-state index contributed by atoms with van der Waals surface area (Å²) in [5, 5.41) is 15.2. The predicted octanol–water partition coefficient (Wildman–Crippen LogP) is 0.984. The van der Waals surface area contributed by atoms with Crippen molar-refractivity contribution in [1.82, 2.24) is 15.1 Å². The van der Waals surface area contributed by atoms with E-state index in [0.29, 0.717) is 19.5 Å². The molecule has 9 heteroatoms. The number of H-pyrrole nitrogens is 1. The summed E-state index contributed by atoms with van der Waals surface area (Å²) in [5.41, 5.74) is 0.192. The first-order valence-corrected chi connectivity index (χ1v) is 7.38. The van der Waals surface area contributed by atoms with Crippen molar-refractivity contribution in [1.29, 1.82) is 0 Å². The van der Waals surface area contributed by atoms with Gasteiger partial charge in [-0.05, 0) is 11.6 Å². The van der Waals surface area contributed by atoms with Gasteiger partial charge < -0.3 is 14.4 Å². The summed E-state index contributed by atoms with van der Waals surface area (Å²) in [6.07, 6.45) is 0.323. The fraction of sp³-hybridized carbons (Fsp3) is 0.400. The number of nitrogens with zero attached hydrogens (tertiary/aromatic N) is 2. The van der Waals surface area contributed by atoms with Crippen molar-refractivity contribution in [3.63, 3.8) is 0 Å². The zero-order valence-electron chi connectivity index (χ0n) is 12.5. The Hall–Kier alpha value is -2.55. The molecule has 0 saturated carbocycles. The highest BCUT2D eigenvalue weighted by molar-refractivity contribution is 5.72. The van der Waals surface area contributed by atoms with Crippen LogP contribution in [-0.4, -0.2) is 45.8 Å². The zero-order valence-corrected chi connectivity index (χ0v) is 12.5. The van der Waals surface area contributed by atoms with Crippen LogP contribution < -0.4 is 5.76 Å². The Bertz CT molecular complexity index is 804. The van der Waals surface area contributed by atoms with Crippen molar-refractivity contribution in [2.45, 2.75) is 12.3 Å². The number of nitrogens with one attached hydrogen (secondary N) is 1. The molecular formula is C15H15F2N3O4. The number of aliphatic carboxylic acids is 1. The van der Waals surface area contributed by atoms with E-state index >= 15 is 0 Å². The number of aromatic amines is 1. The second kappa shape index (κ2) is 6.52. The van der Waals surface area contributed by atoms with Crippen LogP contribution in [0.4, 0.5) is 8.78 Å². The van der Waals surface area contributed by atoms with E-state index < -0.39 is 35.2 Å². The van der Waals surface area contributed by atoms with Crippen LogP contribution in [-0.2, 0) is 11.2 Å². The van der Waals surface area contributed by atoms with Gasteiger partial charge in [0.15, 0.2) is 0 Å². The number of rotatable bonds is 5. The number of carboxylic acids is 1. The highest BCUT2D eigenvalue weighted by atomic mass is 19.1. The van der Waals surface area contributed by atoms with Gasteiger partial charge in [0.2, 0.25) is 5.89 Å². The van der Waals surface area contributed by atoms with Crippen LogP contribution >= 0.6 is 0 Å². The second-order valence-corrected chi connectivity index (χ2v) is 5.73. The molecule has 24 heavy (non-hydrogen) atoms. The Balaban J connectivity index is 1.74. The summed E-state index contributed by atoms with van der Waals surface area (Å²) in [7, 11) is 0. The number of aromatic nitrogens is 2. The third kappa shape index (κ3) is 3.35. The molecule has 1 aliphatic rings. The molecule has 0 radical (unpaired) electrons. The van der Waals surface area contributed by atoms with Crippen molar-refractivity contribution in [3.05, 3.63) is 51.8 Å². The number of benzene rings is 1. The van der Waals surface area contributed by atoms with Crippen LogP contribution in [0.1, 0.15) is 17.4 Å². The van der Waals surface area contributed by atoms with Gasteiger partial charge in [0.1, 0.15) is 11.6 Å². The Morgan fingerprint density at radius 3 is 2.83 bits per heavy atom. The predicted molar refractivity (Wildman–Crippen MR) is 77.5 cm³/mol. The minimum atomic E-state index is -1.03. The number of halogens is 2. The molecule has 2 aromatic rings. The summed E-state index contributed by atoms with van der Waals surface area (Å²) < 4.78 is 31.9. The molecule has 0 bridgehead atoms. The van der Waals surface area contributed by atoms with Crippen LogP contribution in [0.25, 0.3) is 0 Å². The topological polar surface area (TPSA) is 99.4 Å². The van der Waals surface area contributed by atoms with Gasteiger partial charge in [0.05, 0.1) is 5.92 Å². The first kappa shape index (κ1) is 16.3. The fourth-order valence-electron chi connectivity index (χ4n) is 3.06. The van der Waals surface area contributed by atoms with Crippen molar-refractivity contribution in [3.8, 4) is 0 Å². The van der Waals surface area contributed by atoms with Crippen LogP contribution in [0, 0.1) is 17.6 Å². The first-order valence-electron chi connectivity index (χ1n) is 7.38. The van der Waals surface area contributed by atoms with E-state index in [9.17, 15) is 23.5 Å². The smallest absolute Gasteiger partial charge is 0.434 e. The minimum Gasteiger partial charge on any atom is -0.481 e. The summed E-state index contributed by atoms with van der Waals surface area (Å²) in [6, 6.07) is 3.18. The Labute approximate surface area is 134 Å². The van der Waals surface area contributed by atoms with Crippen LogP contribution in [0.5, 0.6) is 0 Å². The Morgan fingerprint density at radius 2 is 2.21 bits per heavy atom. The van der Waals surface area contributed by atoms with Crippen LogP contribution in [0.3, 0.4) is 0 Å². The summed E-state index contributed by atoms with van der Waals surface area (Å²) >= 11 is 0. The lowest BCUT2D eigenvalue weighted by molar-refractivity contribution is -0.141. The molecule has 2 N–H and O–H groups in total. The van der Waals surface area contributed by atoms with Gasteiger partial charge in [0, 0.05) is 38.0 Å². The lowest BCUT2D eigenvalue weighted by atomic mass is 9.88. The number of carboxylic acid groups (broad SMARTS) is 1. The molecule has 2 atom stereocenters. The van der Waals surface area contributed by atoms with Crippen molar-refractivity contribution in [2.24, 2.45) is 5.92 Å². The molecule has 7 nitrogen and oxygen atoms in total. The van der Waals surface area contributed by atoms with Gasteiger partial charge >= 0.3 is 11.7 Å². The maximum Gasteiger partial charge on any atom is 0.434 e. The molecule has 1 saturated heterocycles. The Morgan fingerprint density at radius 1 is 1.42 bits per heavy atom. The molecule has 0 spiro atoms. The molecule has 3 rings (SSSR count). The molecular weight excluding hydrogens is 324 g/mol. The molecule has 1 unspecified atom stereocenters. The second-order valence-electron chi connectivity index (χ2n) is 5.73. The zero-order chi connectivity index (χ0) is 17.3. The standard InChI is InChI=1S/C15H15F2N3O4/c16-8-1-2-9(12(17)5-8)10-6-20(7-11(10)14(21)22)4-3-13-18-19-15(23)24-13/h1-2,5,10-11H,3-4,6-7H2,(H,19,23)(H,21,22)/t10-,11?/m0/s1. The average molecular weight is 339 g/mol. The monoisotopic (exact) mass is 339 g/mol. The van der Waals surface area contributed by atoms with Gasteiger partial charge in [-0.2, -0.15) is 0 Å². The van der Waals surface area contributed by atoms with Gasteiger partial charge in [-0.25, -0.2) is 18.7 Å². The molecule has 2 heterocycles. The molecule has 1 aromatic carbocycles. The van der Waals surface area contributed by atoms with Gasteiger partial charge in [0.25, 0.3) is 0 Å². The van der Waals surface area contributed by atoms with Gasteiger partial charge in [-0.3, -0.25) is 4.79 Å². The summed E-state index contributed by atoms with van der Waals surface area (Å²) in [4.78, 5) is 24.2. The highest BCUT2D eigenvalue weighted by Gasteiger charge is 2.39. The Kier molecular flexibility index (Phi) is 4.43. The summed E-state index contributed by atoms with van der Waals surface area (Å²) in [5.74, 6) is -4.27. The van der Waals surface area contributed by atoms with Gasteiger partial charge in [-0.15, -0.1) is 5.10 Å². The molecule has 128 valence electrons. The SMILES string of the molecule is O=C(O)C1CN(CCc2n[nH]c(=O)o2)C[C@H]1c1ccc(F)cc1F. The molecule has 0 aliphatic carbocycles. The quantitative estimate of drug-likeness (QED) is 0.843.